The topological polar surface area (TPSA) is 79.5 Å². The van der Waals surface area contributed by atoms with Crippen LogP contribution in [0.1, 0.15) is 25.5 Å². The molecule has 1 unspecified atom stereocenters. The number of halogens is 1. The molecule has 0 radical (unpaired) electrons. The van der Waals surface area contributed by atoms with Gasteiger partial charge in [-0.05, 0) is 48.0 Å². The van der Waals surface area contributed by atoms with Gasteiger partial charge in [-0.25, -0.2) is 0 Å². The molecule has 32 heavy (non-hydrogen) atoms. The Bertz CT molecular complexity index is 1070. The average Bonchev–Trinajstić information content (AvgIpc) is 2.79. The van der Waals surface area contributed by atoms with E-state index in [1.165, 1.54) is 7.11 Å². The Kier molecular flexibility index (Phi) is 7.73. The number of hydrogen-bond donors (Lipinski definition) is 3. The molecule has 0 aliphatic heterocycles. The molecule has 7 heteroatoms. The van der Waals surface area contributed by atoms with Gasteiger partial charge in [-0.15, -0.1) is 0 Å². The van der Waals surface area contributed by atoms with Crippen LogP contribution in [0.15, 0.2) is 72.8 Å². The molecule has 0 saturated carbocycles. The van der Waals surface area contributed by atoms with Gasteiger partial charge in [0.2, 0.25) is 5.91 Å². The van der Waals surface area contributed by atoms with Gasteiger partial charge in [-0.1, -0.05) is 55.8 Å². The minimum absolute atomic E-state index is 0.0506. The van der Waals surface area contributed by atoms with Crippen LogP contribution in [0.25, 0.3) is 0 Å². The number of benzene rings is 3. The van der Waals surface area contributed by atoms with Gasteiger partial charge in [-0.2, -0.15) is 0 Å². The van der Waals surface area contributed by atoms with E-state index in [9.17, 15) is 9.59 Å². The van der Waals surface area contributed by atoms with Crippen molar-refractivity contribution in [2.45, 2.75) is 19.9 Å². The number of nitrogens with one attached hydrogen (secondary N) is 3. The second kappa shape index (κ2) is 10.7. The third-order valence-electron chi connectivity index (χ3n) is 4.80. The number of carbonyl (C=O) groups is 2. The molecule has 0 heterocycles. The van der Waals surface area contributed by atoms with E-state index >= 15 is 0 Å². The summed E-state index contributed by atoms with van der Waals surface area (Å²) in [6.07, 6.45) is 0. The van der Waals surface area contributed by atoms with Crippen molar-refractivity contribution in [3.8, 4) is 5.75 Å². The van der Waals surface area contributed by atoms with E-state index in [1.807, 2.05) is 56.3 Å². The molecule has 0 aliphatic carbocycles. The number of rotatable bonds is 8. The lowest BCUT2D eigenvalue weighted by Crippen LogP contribution is -2.27. The van der Waals surface area contributed by atoms with E-state index in [-0.39, 0.29) is 17.7 Å². The Morgan fingerprint density at radius 2 is 1.41 bits per heavy atom. The summed E-state index contributed by atoms with van der Waals surface area (Å²) in [5.41, 5.74) is 2.81. The minimum atomic E-state index is -0.645. The van der Waals surface area contributed by atoms with E-state index in [0.717, 1.165) is 11.3 Å². The second-order valence-electron chi connectivity index (χ2n) is 7.55. The first kappa shape index (κ1) is 23.2. The summed E-state index contributed by atoms with van der Waals surface area (Å²) in [6.45, 7) is 3.68. The maximum atomic E-state index is 13.2. The van der Waals surface area contributed by atoms with Crippen LogP contribution in [0.4, 0.5) is 17.1 Å². The van der Waals surface area contributed by atoms with E-state index in [1.54, 1.807) is 30.3 Å². The molecular weight excluding hydrogens is 426 g/mol. The van der Waals surface area contributed by atoms with Crippen LogP contribution in [0.2, 0.25) is 5.02 Å². The Morgan fingerprint density at radius 1 is 0.812 bits per heavy atom. The molecule has 166 valence electrons. The van der Waals surface area contributed by atoms with Crippen LogP contribution in [0.3, 0.4) is 0 Å². The fourth-order valence-electron chi connectivity index (χ4n) is 3.01. The molecule has 0 saturated heterocycles. The monoisotopic (exact) mass is 451 g/mol. The van der Waals surface area contributed by atoms with Crippen molar-refractivity contribution in [2.24, 2.45) is 5.92 Å². The number of ether oxygens (including phenoxy) is 1. The maximum absolute atomic E-state index is 13.2. The van der Waals surface area contributed by atoms with Gasteiger partial charge >= 0.3 is 0 Å². The molecule has 6 nitrogen and oxygen atoms in total. The van der Waals surface area contributed by atoms with E-state index in [4.69, 9.17) is 16.3 Å². The van der Waals surface area contributed by atoms with Gasteiger partial charge in [-0.3, -0.25) is 9.59 Å². The Labute approximate surface area is 192 Å². The molecule has 3 aromatic rings. The van der Waals surface area contributed by atoms with Crippen LogP contribution in [0, 0.1) is 5.92 Å². The second-order valence-corrected chi connectivity index (χ2v) is 7.96. The largest absolute Gasteiger partial charge is 0.495 e. The number of methoxy groups -OCH3 is 1. The number of amides is 2. The van der Waals surface area contributed by atoms with E-state index in [2.05, 4.69) is 16.0 Å². The molecule has 0 aliphatic rings. The lowest BCUT2D eigenvalue weighted by molar-refractivity contribution is -0.119. The van der Waals surface area contributed by atoms with Crippen molar-refractivity contribution in [3.05, 3.63) is 83.4 Å². The van der Waals surface area contributed by atoms with Gasteiger partial charge < -0.3 is 20.7 Å². The minimum Gasteiger partial charge on any atom is -0.495 e. The summed E-state index contributed by atoms with van der Waals surface area (Å²) in [5, 5.41) is 9.44. The molecule has 3 rings (SSSR count). The predicted octanol–water partition coefficient (Wildman–Crippen LogP) is 5.74. The van der Waals surface area contributed by atoms with Crippen LogP contribution < -0.4 is 20.7 Å². The summed E-state index contributed by atoms with van der Waals surface area (Å²) in [5.74, 6) is 0.137. The molecule has 1 atom stereocenters. The molecule has 0 aromatic heterocycles. The summed E-state index contributed by atoms with van der Waals surface area (Å²) < 4.78 is 5.16. The fourth-order valence-corrected chi connectivity index (χ4v) is 3.27. The highest BCUT2D eigenvalue weighted by molar-refractivity contribution is 6.32. The van der Waals surface area contributed by atoms with Gasteiger partial charge in [0.15, 0.2) is 0 Å². The highest BCUT2D eigenvalue weighted by Gasteiger charge is 2.21. The van der Waals surface area contributed by atoms with Gasteiger partial charge in [0, 0.05) is 23.0 Å². The van der Waals surface area contributed by atoms with Crippen molar-refractivity contribution in [3.63, 3.8) is 0 Å². The Balaban J connectivity index is 1.78. The van der Waals surface area contributed by atoms with Crippen LogP contribution in [-0.2, 0) is 9.59 Å². The van der Waals surface area contributed by atoms with Crippen LogP contribution >= 0.6 is 11.6 Å². The van der Waals surface area contributed by atoms with Crippen molar-refractivity contribution in [1.82, 2.24) is 0 Å². The van der Waals surface area contributed by atoms with Crippen molar-refractivity contribution >= 4 is 40.5 Å². The first-order valence-electron chi connectivity index (χ1n) is 10.2. The molecule has 0 fully saturated rings. The summed E-state index contributed by atoms with van der Waals surface area (Å²) in [4.78, 5) is 25.1. The normalized spacial score (nSPS) is 11.5. The summed E-state index contributed by atoms with van der Waals surface area (Å²) in [7, 11) is 1.54. The van der Waals surface area contributed by atoms with Gasteiger partial charge in [0.25, 0.3) is 5.91 Å². The molecule has 3 N–H and O–H groups in total. The van der Waals surface area contributed by atoms with Crippen molar-refractivity contribution < 1.29 is 14.3 Å². The molecule has 0 spiro atoms. The van der Waals surface area contributed by atoms with Gasteiger partial charge in [0.05, 0.1) is 12.1 Å². The van der Waals surface area contributed by atoms with Crippen molar-refractivity contribution in [1.29, 1.82) is 0 Å². The smallest absolute Gasteiger partial charge is 0.251 e. The zero-order chi connectivity index (χ0) is 23.1. The SMILES string of the molecule is COc1ccc(NC(=O)C(Nc2ccc(NC(=O)C(C)C)cc2)c2ccccc2)cc1Cl. The highest BCUT2D eigenvalue weighted by atomic mass is 35.5. The summed E-state index contributed by atoms with van der Waals surface area (Å²) in [6, 6.07) is 21.1. The lowest BCUT2D eigenvalue weighted by Gasteiger charge is -2.20. The molecule has 3 aromatic carbocycles. The number of hydrogen-bond acceptors (Lipinski definition) is 4. The molecular formula is C25H26ClN3O3. The third kappa shape index (κ3) is 6.02. The maximum Gasteiger partial charge on any atom is 0.251 e. The van der Waals surface area contributed by atoms with Crippen LogP contribution in [-0.4, -0.2) is 18.9 Å². The van der Waals surface area contributed by atoms with Crippen molar-refractivity contribution in [2.75, 3.05) is 23.1 Å². The highest BCUT2D eigenvalue weighted by Crippen LogP contribution is 2.28. The first-order chi connectivity index (χ1) is 15.4. The first-order valence-corrected chi connectivity index (χ1v) is 10.6. The number of carbonyl (C=O) groups excluding carboxylic acids is 2. The zero-order valence-corrected chi connectivity index (χ0v) is 18.9. The molecule has 0 bridgehead atoms. The van der Waals surface area contributed by atoms with Crippen LogP contribution in [0.5, 0.6) is 5.75 Å². The standard InChI is InChI=1S/C25H26ClN3O3/c1-16(2)24(30)28-19-11-9-18(10-12-19)27-23(17-7-5-4-6-8-17)25(31)29-20-13-14-22(32-3)21(26)15-20/h4-16,23,27H,1-3H3,(H,28,30)(H,29,31). The fraction of sp³-hybridized carbons (Fsp3) is 0.200. The average molecular weight is 452 g/mol. The Morgan fingerprint density at radius 3 is 2.00 bits per heavy atom. The number of anilines is 3. The summed E-state index contributed by atoms with van der Waals surface area (Å²) >= 11 is 6.19. The lowest BCUT2D eigenvalue weighted by atomic mass is 10.1. The molecule has 2 amide bonds. The quantitative estimate of drug-likeness (QED) is 0.408. The third-order valence-corrected chi connectivity index (χ3v) is 5.10. The van der Waals surface area contributed by atoms with E-state index in [0.29, 0.717) is 22.1 Å². The zero-order valence-electron chi connectivity index (χ0n) is 18.2. The van der Waals surface area contributed by atoms with Gasteiger partial charge in [0.1, 0.15) is 11.8 Å². The van der Waals surface area contributed by atoms with E-state index < -0.39 is 6.04 Å². The Hall–Kier alpha value is -3.51. The predicted molar refractivity (Wildman–Crippen MR) is 129 cm³/mol.